The molecule has 2 N–H and O–H groups in total. The third-order valence-electron chi connectivity index (χ3n) is 4.91. The predicted octanol–water partition coefficient (Wildman–Crippen LogP) is 5.25. The van der Waals surface area contributed by atoms with Crippen molar-refractivity contribution in [1.29, 1.82) is 0 Å². The topological polar surface area (TPSA) is 61.5 Å². The second kappa shape index (κ2) is 9.78. The molecule has 0 unspecified atom stereocenters. The highest BCUT2D eigenvalue weighted by molar-refractivity contribution is 5.93. The van der Waals surface area contributed by atoms with Gasteiger partial charge in [-0.05, 0) is 67.1 Å². The summed E-state index contributed by atoms with van der Waals surface area (Å²) in [5, 5.41) is 0. The zero-order valence-corrected chi connectivity index (χ0v) is 16.9. The summed E-state index contributed by atoms with van der Waals surface area (Å²) in [6, 6.07) is 23.6. The number of aryl methyl sites for hydroxylation is 1. The minimum Gasteiger partial charge on any atom is -0.493 e. The molecule has 0 saturated carbocycles. The summed E-state index contributed by atoms with van der Waals surface area (Å²) in [6.07, 6.45) is 3.12. The quantitative estimate of drug-likeness (QED) is 0.544. The van der Waals surface area contributed by atoms with Crippen LogP contribution in [0.4, 0.5) is 0 Å². The van der Waals surface area contributed by atoms with Gasteiger partial charge in [0.15, 0.2) is 11.5 Å². The van der Waals surface area contributed by atoms with Crippen LogP contribution in [0.25, 0.3) is 11.1 Å². The predicted molar refractivity (Wildman–Crippen MR) is 116 cm³/mol. The van der Waals surface area contributed by atoms with Crippen molar-refractivity contribution in [2.24, 2.45) is 5.73 Å². The number of benzene rings is 3. The Kier molecular flexibility index (Phi) is 6.90. The summed E-state index contributed by atoms with van der Waals surface area (Å²) in [5.74, 6) is 0.994. The van der Waals surface area contributed by atoms with Gasteiger partial charge in [-0.1, -0.05) is 48.5 Å². The Morgan fingerprint density at radius 1 is 0.931 bits per heavy atom. The molecule has 3 aromatic rings. The number of rotatable bonds is 9. The number of ether oxygens (including phenoxy) is 2. The molecule has 1 atom stereocenters. The molecule has 0 aliphatic rings. The van der Waals surface area contributed by atoms with Gasteiger partial charge in [0.05, 0.1) is 13.2 Å². The molecule has 29 heavy (non-hydrogen) atoms. The van der Waals surface area contributed by atoms with Crippen molar-refractivity contribution in [3.63, 3.8) is 0 Å². The van der Waals surface area contributed by atoms with Crippen LogP contribution in [0.3, 0.4) is 0 Å². The van der Waals surface area contributed by atoms with E-state index in [0.29, 0.717) is 11.3 Å². The average Bonchev–Trinajstić information content (AvgIpc) is 2.74. The highest BCUT2D eigenvalue weighted by Crippen LogP contribution is 2.33. The van der Waals surface area contributed by atoms with Gasteiger partial charge in [0, 0.05) is 5.56 Å². The molecule has 1 amide bonds. The van der Waals surface area contributed by atoms with Crippen molar-refractivity contribution < 1.29 is 14.3 Å². The summed E-state index contributed by atoms with van der Waals surface area (Å²) in [6.45, 7) is 2.08. The van der Waals surface area contributed by atoms with Crippen molar-refractivity contribution in [3.05, 3.63) is 83.9 Å². The van der Waals surface area contributed by atoms with Crippen molar-refractivity contribution in [1.82, 2.24) is 0 Å². The van der Waals surface area contributed by atoms with Gasteiger partial charge in [-0.3, -0.25) is 4.79 Å². The fourth-order valence-corrected chi connectivity index (χ4v) is 3.29. The zero-order chi connectivity index (χ0) is 20.6. The van der Waals surface area contributed by atoms with Gasteiger partial charge in [-0.25, -0.2) is 0 Å². The van der Waals surface area contributed by atoms with Gasteiger partial charge in [-0.15, -0.1) is 0 Å². The smallest absolute Gasteiger partial charge is 0.248 e. The molecule has 150 valence electrons. The Morgan fingerprint density at radius 3 is 2.28 bits per heavy atom. The lowest BCUT2D eigenvalue weighted by molar-refractivity contribution is 0.100. The largest absolute Gasteiger partial charge is 0.493 e. The van der Waals surface area contributed by atoms with E-state index in [9.17, 15) is 4.79 Å². The highest BCUT2D eigenvalue weighted by Gasteiger charge is 2.12. The fraction of sp³-hybridized carbons (Fsp3) is 0.240. The first-order chi connectivity index (χ1) is 14.1. The van der Waals surface area contributed by atoms with Crippen LogP contribution in [0.2, 0.25) is 0 Å². The van der Waals surface area contributed by atoms with Gasteiger partial charge in [-0.2, -0.15) is 0 Å². The second-order valence-corrected chi connectivity index (χ2v) is 7.11. The molecule has 3 aromatic carbocycles. The summed E-state index contributed by atoms with van der Waals surface area (Å²) < 4.78 is 11.7. The Hall–Kier alpha value is -3.27. The molecule has 0 spiro atoms. The molecule has 0 aliphatic carbocycles. The first-order valence-electron chi connectivity index (χ1n) is 9.85. The maximum absolute atomic E-state index is 11.3. The van der Waals surface area contributed by atoms with Gasteiger partial charge >= 0.3 is 0 Å². The van der Waals surface area contributed by atoms with Crippen LogP contribution in [0.1, 0.15) is 35.7 Å². The summed E-state index contributed by atoms with van der Waals surface area (Å²) in [4.78, 5) is 11.3. The molecule has 0 radical (unpaired) electrons. The van der Waals surface area contributed by atoms with Gasteiger partial charge < -0.3 is 15.2 Å². The number of methoxy groups -OCH3 is 1. The lowest BCUT2D eigenvalue weighted by atomic mass is 10.0. The molecule has 4 heteroatoms. The summed E-state index contributed by atoms with van der Waals surface area (Å²) in [7, 11) is 1.64. The van der Waals surface area contributed by atoms with E-state index in [-0.39, 0.29) is 6.10 Å². The zero-order valence-electron chi connectivity index (χ0n) is 16.9. The van der Waals surface area contributed by atoms with Crippen LogP contribution in [-0.4, -0.2) is 19.1 Å². The maximum atomic E-state index is 11.3. The molecule has 0 bridgehead atoms. The lowest BCUT2D eigenvalue weighted by Crippen LogP contribution is -2.12. The number of carbonyl (C=O) groups is 1. The van der Waals surface area contributed by atoms with Gasteiger partial charge in [0.1, 0.15) is 0 Å². The molecule has 0 fully saturated rings. The van der Waals surface area contributed by atoms with E-state index in [0.717, 1.165) is 36.1 Å². The molecule has 0 saturated heterocycles. The van der Waals surface area contributed by atoms with E-state index < -0.39 is 5.91 Å². The number of carbonyl (C=O) groups excluding carboxylic acids is 1. The molecule has 3 rings (SSSR count). The molecule has 0 aliphatic heterocycles. The monoisotopic (exact) mass is 389 g/mol. The maximum Gasteiger partial charge on any atom is 0.248 e. The summed E-state index contributed by atoms with van der Waals surface area (Å²) >= 11 is 0. The second-order valence-electron chi connectivity index (χ2n) is 7.11. The van der Waals surface area contributed by atoms with Crippen molar-refractivity contribution in [2.45, 2.75) is 32.3 Å². The molecule has 0 aromatic heterocycles. The van der Waals surface area contributed by atoms with Crippen molar-refractivity contribution >= 4 is 5.91 Å². The van der Waals surface area contributed by atoms with Crippen LogP contribution < -0.4 is 15.2 Å². The van der Waals surface area contributed by atoms with Gasteiger partial charge in [0.25, 0.3) is 0 Å². The fourth-order valence-electron chi connectivity index (χ4n) is 3.29. The number of hydrogen-bond acceptors (Lipinski definition) is 3. The normalized spacial score (nSPS) is 11.7. The Balaban J connectivity index is 1.67. The minimum absolute atomic E-state index is 0.0695. The molecular weight excluding hydrogens is 362 g/mol. The Bertz CT molecular complexity index is 936. The number of amides is 1. The summed E-state index contributed by atoms with van der Waals surface area (Å²) in [5.41, 5.74) is 9.14. The number of nitrogens with two attached hydrogens (primary N) is 1. The van der Waals surface area contributed by atoms with Crippen molar-refractivity contribution in [2.75, 3.05) is 7.11 Å². The van der Waals surface area contributed by atoms with Crippen LogP contribution in [-0.2, 0) is 6.42 Å². The van der Waals surface area contributed by atoms with Crippen LogP contribution in [0.15, 0.2) is 72.8 Å². The SMILES string of the molecule is COc1ccc(-c2ccc(C(N)=O)cc2)cc1O[C@H](C)CCCc1ccccc1. The van der Waals surface area contributed by atoms with E-state index in [1.165, 1.54) is 5.56 Å². The first-order valence-corrected chi connectivity index (χ1v) is 9.85. The van der Waals surface area contributed by atoms with Gasteiger partial charge in [0.2, 0.25) is 5.91 Å². The minimum atomic E-state index is -0.431. The van der Waals surface area contributed by atoms with E-state index in [2.05, 4.69) is 31.2 Å². The van der Waals surface area contributed by atoms with Crippen LogP contribution in [0, 0.1) is 0 Å². The van der Waals surface area contributed by atoms with E-state index in [4.69, 9.17) is 15.2 Å². The van der Waals surface area contributed by atoms with Crippen LogP contribution >= 0.6 is 0 Å². The first kappa shape index (κ1) is 20.5. The third-order valence-corrected chi connectivity index (χ3v) is 4.91. The Morgan fingerprint density at radius 2 is 1.62 bits per heavy atom. The van der Waals surface area contributed by atoms with E-state index >= 15 is 0 Å². The average molecular weight is 389 g/mol. The van der Waals surface area contributed by atoms with Crippen molar-refractivity contribution in [3.8, 4) is 22.6 Å². The standard InChI is InChI=1S/C25H27NO3/c1-18(7-6-10-19-8-4-3-5-9-19)29-24-17-22(15-16-23(24)28-2)20-11-13-21(14-12-20)25(26)27/h3-5,8-9,11-18H,6-7,10H2,1-2H3,(H2,26,27)/t18-/m1/s1. The Labute approximate surface area is 172 Å². The third kappa shape index (κ3) is 5.61. The number of hydrogen-bond donors (Lipinski definition) is 1. The molecule has 0 heterocycles. The van der Waals surface area contributed by atoms with E-state index in [1.54, 1.807) is 19.2 Å². The highest BCUT2D eigenvalue weighted by atomic mass is 16.5. The molecule has 4 nitrogen and oxygen atoms in total. The van der Waals surface area contributed by atoms with E-state index in [1.807, 2.05) is 36.4 Å². The number of primary amides is 1. The van der Waals surface area contributed by atoms with Crippen LogP contribution in [0.5, 0.6) is 11.5 Å². The lowest BCUT2D eigenvalue weighted by Gasteiger charge is -2.18. The molecular formula is C25H27NO3.